The summed E-state index contributed by atoms with van der Waals surface area (Å²) in [6.45, 7) is 5.77. The number of nitrogens with zero attached hydrogens (tertiary/aromatic N) is 1. The standard InChI is InChI=1S/C16H21NO4/c1-16(2,3)17-13(18)9-12(15(19)20)14(17)10-5-7-11(21-4)8-6-10/h5-8,12,14H,9H2,1-4H3,(H,19,20)/t12-,14+/m0/s1. The van der Waals surface area contributed by atoms with Gasteiger partial charge in [-0.1, -0.05) is 12.1 Å². The van der Waals surface area contributed by atoms with E-state index in [9.17, 15) is 14.7 Å². The molecular formula is C16H21NO4. The highest BCUT2D eigenvalue weighted by Crippen LogP contribution is 2.42. The van der Waals surface area contributed by atoms with Crippen molar-refractivity contribution in [2.45, 2.75) is 38.8 Å². The van der Waals surface area contributed by atoms with E-state index in [2.05, 4.69) is 0 Å². The third kappa shape index (κ3) is 2.86. The maximum Gasteiger partial charge on any atom is 0.309 e. The molecule has 1 amide bonds. The lowest BCUT2D eigenvalue weighted by atomic mass is 9.91. The minimum Gasteiger partial charge on any atom is -0.497 e. The topological polar surface area (TPSA) is 66.8 Å². The number of carboxylic acid groups (broad SMARTS) is 1. The van der Waals surface area contributed by atoms with Crippen LogP contribution in [0.4, 0.5) is 0 Å². The van der Waals surface area contributed by atoms with Crippen LogP contribution in [0.3, 0.4) is 0 Å². The van der Waals surface area contributed by atoms with Crippen molar-refractivity contribution in [1.29, 1.82) is 0 Å². The van der Waals surface area contributed by atoms with Crippen LogP contribution < -0.4 is 4.74 Å². The van der Waals surface area contributed by atoms with E-state index < -0.39 is 23.5 Å². The van der Waals surface area contributed by atoms with Crippen molar-refractivity contribution < 1.29 is 19.4 Å². The summed E-state index contributed by atoms with van der Waals surface area (Å²) in [4.78, 5) is 25.5. The molecule has 1 N–H and O–H groups in total. The lowest BCUT2D eigenvalue weighted by Crippen LogP contribution is -2.44. The lowest BCUT2D eigenvalue weighted by Gasteiger charge is -2.38. The number of aliphatic carboxylic acids is 1. The van der Waals surface area contributed by atoms with E-state index in [0.717, 1.165) is 5.56 Å². The summed E-state index contributed by atoms with van der Waals surface area (Å²) in [6.07, 6.45) is 0.0449. The SMILES string of the molecule is COc1ccc([C@@H]2[C@@H](C(=O)O)CC(=O)N2C(C)(C)C)cc1. The second kappa shape index (κ2) is 5.39. The van der Waals surface area contributed by atoms with Gasteiger partial charge in [0.2, 0.25) is 5.91 Å². The first-order chi connectivity index (χ1) is 9.75. The van der Waals surface area contributed by atoms with Crippen LogP contribution in [0.5, 0.6) is 5.75 Å². The highest BCUT2D eigenvalue weighted by Gasteiger charge is 2.48. The van der Waals surface area contributed by atoms with E-state index in [1.807, 2.05) is 32.9 Å². The number of carboxylic acids is 1. The van der Waals surface area contributed by atoms with Crippen LogP contribution in [0, 0.1) is 5.92 Å². The number of methoxy groups -OCH3 is 1. The van der Waals surface area contributed by atoms with Gasteiger partial charge in [0, 0.05) is 12.0 Å². The molecule has 5 heteroatoms. The minimum absolute atomic E-state index is 0.0449. The van der Waals surface area contributed by atoms with Crippen molar-refractivity contribution >= 4 is 11.9 Å². The predicted octanol–water partition coefficient (Wildman–Crippen LogP) is 2.47. The minimum atomic E-state index is -0.934. The fourth-order valence-corrected chi connectivity index (χ4v) is 2.93. The normalized spacial score (nSPS) is 22.5. The average molecular weight is 291 g/mol. The number of ether oxygens (including phenoxy) is 1. The molecule has 0 unspecified atom stereocenters. The third-order valence-corrected chi connectivity index (χ3v) is 3.82. The Balaban J connectivity index is 2.46. The first-order valence-electron chi connectivity index (χ1n) is 6.94. The van der Waals surface area contributed by atoms with Crippen molar-refractivity contribution in [1.82, 2.24) is 4.90 Å². The summed E-state index contributed by atoms with van der Waals surface area (Å²) in [5.74, 6) is -1.06. The Morgan fingerprint density at radius 2 is 1.86 bits per heavy atom. The maximum absolute atomic E-state index is 12.3. The number of carbonyl (C=O) groups excluding carboxylic acids is 1. The summed E-state index contributed by atoms with van der Waals surface area (Å²) >= 11 is 0. The molecule has 0 aliphatic carbocycles. The van der Waals surface area contributed by atoms with E-state index in [4.69, 9.17) is 4.74 Å². The molecular weight excluding hydrogens is 270 g/mol. The molecule has 0 saturated carbocycles. The molecule has 1 aromatic rings. The number of benzene rings is 1. The molecule has 5 nitrogen and oxygen atoms in total. The zero-order valence-electron chi connectivity index (χ0n) is 12.8. The van der Waals surface area contributed by atoms with Gasteiger partial charge in [-0.2, -0.15) is 0 Å². The zero-order chi connectivity index (χ0) is 15.8. The molecule has 2 rings (SSSR count). The molecule has 2 atom stereocenters. The van der Waals surface area contributed by atoms with Gasteiger partial charge in [0.1, 0.15) is 5.75 Å². The molecule has 0 spiro atoms. The molecule has 1 aromatic carbocycles. The molecule has 1 fully saturated rings. The van der Waals surface area contributed by atoms with Crippen LogP contribution in [-0.4, -0.2) is 34.5 Å². The van der Waals surface area contributed by atoms with Crippen LogP contribution >= 0.6 is 0 Å². The van der Waals surface area contributed by atoms with Crippen LogP contribution in [0.2, 0.25) is 0 Å². The quantitative estimate of drug-likeness (QED) is 0.929. The molecule has 0 radical (unpaired) electrons. The summed E-state index contributed by atoms with van der Waals surface area (Å²) in [6, 6.07) is 6.80. The van der Waals surface area contributed by atoms with Crippen molar-refractivity contribution in [3.05, 3.63) is 29.8 Å². The van der Waals surface area contributed by atoms with Gasteiger partial charge in [-0.15, -0.1) is 0 Å². The molecule has 1 saturated heterocycles. The van der Waals surface area contributed by atoms with Gasteiger partial charge in [0.15, 0.2) is 0 Å². The van der Waals surface area contributed by atoms with Crippen LogP contribution in [0.25, 0.3) is 0 Å². The number of amides is 1. The van der Waals surface area contributed by atoms with Crippen molar-refractivity contribution in [2.24, 2.45) is 5.92 Å². The van der Waals surface area contributed by atoms with E-state index in [1.54, 1.807) is 24.1 Å². The number of hydrogen-bond donors (Lipinski definition) is 1. The zero-order valence-corrected chi connectivity index (χ0v) is 12.8. The van der Waals surface area contributed by atoms with Gasteiger partial charge in [0.25, 0.3) is 0 Å². The van der Waals surface area contributed by atoms with Crippen molar-refractivity contribution in [3.8, 4) is 5.75 Å². The Morgan fingerprint density at radius 3 is 2.29 bits per heavy atom. The van der Waals surface area contributed by atoms with Gasteiger partial charge >= 0.3 is 5.97 Å². The van der Waals surface area contributed by atoms with Gasteiger partial charge in [-0.05, 0) is 38.5 Å². The first-order valence-corrected chi connectivity index (χ1v) is 6.94. The van der Waals surface area contributed by atoms with Crippen molar-refractivity contribution in [3.63, 3.8) is 0 Å². The van der Waals surface area contributed by atoms with Gasteiger partial charge < -0.3 is 14.7 Å². The second-order valence-corrected chi connectivity index (χ2v) is 6.30. The third-order valence-electron chi connectivity index (χ3n) is 3.82. The summed E-state index contributed by atoms with van der Waals surface area (Å²) in [7, 11) is 1.58. The average Bonchev–Trinajstić information content (AvgIpc) is 2.76. The fourth-order valence-electron chi connectivity index (χ4n) is 2.93. The highest BCUT2D eigenvalue weighted by atomic mass is 16.5. The number of hydrogen-bond acceptors (Lipinski definition) is 3. The van der Waals surface area contributed by atoms with Gasteiger partial charge in [-0.25, -0.2) is 0 Å². The van der Waals surface area contributed by atoms with Crippen molar-refractivity contribution in [2.75, 3.05) is 7.11 Å². The summed E-state index contributed by atoms with van der Waals surface area (Å²) in [5.41, 5.74) is 0.398. The fraction of sp³-hybridized carbons (Fsp3) is 0.500. The Bertz CT molecular complexity index is 544. The summed E-state index contributed by atoms with van der Waals surface area (Å²) < 4.78 is 5.12. The molecule has 0 aromatic heterocycles. The van der Waals surface area contributed by atoms with Gasteiger partial charge in [0.05, 0.1) is 19.1 Å². The van der Waals surface area contributed by atoms with Gasteiger partial charge in [-0.3, -0.25) is 9.59 Å². The first kappa shape index (κ1) is 15.4. The Labute approximate surface area is 124 Å². The molecule has 1 aliphatic rings. The van der Waals surface area contributed by atoms with Crippen LogP contribution in [0.1, 0.15) is 38.8 Å². The largest absolute Gasteiger partial charge is 0.497 e. The van der Waals surface area contributed by atoms with E-state index in [0.29, 0.717) is 5.75 Å². The Morgan fingerprint density at radius 1 is 1.29 bits per heavy atom. The molecule has 1 heterocycles. The lowest BCUT2D eigenvalue weighted by molar-refractivity contribution is -0.142. The Kier molecular flexibility index (Phi) is 3.94. The van der Waals surface area contributed by atoms with E-state index in [-0.39, 0.29) is 12.3 Å². The number of rotatable bonds is 3. The van der Waals surface area contributed by atoms with E-state index in [1.165, 1.54) is 0 Å². The Hall–Kier alpha value is -2.04. The smallest absolute Gasteiger partial charge is 0.309 e. The molecule has 0 bridgehead atoms. The molecule has 114 valence electrons. The highest BCUT2D eigenvalue weighted by molar-refractivity contribution is 5.87. The molecule has 1 aliphatic heterocycles. The van der Waals surface area contributed by atoms with Crippen LogP contribution in [0.15, 0.2) is 24.3 Å². The van der Waals surface area contributed by atoms with E-state index >= 15 is 0 Å². The maximum atomic E-state index is 12.3. The monoisotopic (exact) mass is 291 g/mol. The number of likely N-dealkylation sites (tertiary alicyclic amines) is 1. The second-order valence-electron chi connectivity index (χ2n) is 6.30. The predicted molar refractivity (Wildman–Crippen MR) is 78.1 cm³/mol. The summed E-state index contributed by atoms with van der Waals surface area (Å²) in [5, 5.41) is 9.44. The number of carbonyl (C=O) groups is 2. The van der Waals surface area contributed by atoms with Crippen LogP contribution in [-0.2, 0) is 9.59 Å². The molecule has 21 heavy (non-hydrogen) atoms.